The summed E-state index contributed by atoms with van der Waals surface area (Å²) < 4.78 is 7.25. The van der Waals surface area contributed by atoms with E-state index in [0.29, 0.717) is 12.4 Å². The van der Waals surface area contributed by atoms with Gasteiger partial charge in [0.15, 0.2) is 5.16 Å². The Kier molecular flexibility index (Phi) is 5.04. The summed E-state index contributed by atoms with van der Waals surface area (Å²) in [5.41, 5.74) is 1.53. The van der Waals surface area contributed by atoms with E-state index in [1.54, 1.807) is 18.9 Å². The maximum absolute atomic E-state index is 9.74. The van der Waals surface area contributed by atoms with Gasteiger partial charge in [-0.15, -0.1) is 0 Å². The number of nitrogens with zero attached hydrogens (tertiary/aromatic N) is 2. The summed E-state index contributed by atoms with van der Waals surface area (Å²) in [7, 11) is 1.70. The van der Waals surface area contributed by atoms with Crippen LogP contribution < -0.4 is 0 Å². The molecule has 98 valence electrons. The van der Waals surface area contributed by atoms with E-state index in [1.807, 2.05) is 20.8 Å². The predicted octanol–water partition coefficient (Wildman–Crippen LogP) is 2.01. The fraction of sp³-hybridized carbons (Fsp3) is 0.750. The monoisotopic (exact) mass is 258 g/mol. The first-order valence-corrected chi connectivity index (χ1v) is 6.71. The van der Waals surface area contributed by atoms with Crippen LogP contribution in [-0.2, 0) is 11.3 Å². The molecular formula is C12H22N2O2S. The third-order valence-corrected chi connectivity index (χ3v) is 3.92. The van der Waals surface area contributed by atoms with Crippen molar-refractivity contribution < 1.29 is 9.84 Å². The highest BCUT2D eigenvalue weighted by Crippen LogP contribution is 2.24. The summed E-state index contributed by atoms with van der Waals surface area (Å²) in [5.74, 6) is 0.635. The highest BCUT2D eigenvalue weighted by Gasteiger charge is 2.17. The van der Waals surface area contributed by atoms with Crippen molar-refractivity contribution in [3.63, 3.8) is 0 Å². The van der Waals surface area contributed by atoms with Crippen LogP contribution in [0, 0.1) is 13.8 Å². The molecule has 0 spiro atoms. The zero-order valence-electron chi connectivity index (χ0n) is 11.3. The summed E-state index contributed by atoms with van der Waals surface area (Å²) >= 11 is 1.59. The molecule has 0 fully saturated rings. The van der Waals surface area contributed by atoms with Gasteiger partial charge in [-0.25, -0.2) is 4.98 Å². The van der Waals surface area contributed by atoms with Crippen molar-refractivity contribution >= 4 is 11.8 Å². The minimum absolute atomic E-state index is 0.635. The predicted molar refractivity (Wildman–Crippen MR) is 70.6 cm³/mol. The van der Waals surface area contributed by atoms with Crippen molar-refractivity contribution in [2.24, 2.45) is 0 Å². The molecule has 0 saturated heterocycles. The Bertz CT molecular complexity index is 369. The minimum Gasteiger partial charge on any atom is -0.390 e. The zero-order chi connectivity index (χ0) is 13.1. The van der Waals surface area contributed by atoms with E-state index >= 15 is 0 Å². The molecule has 4 nitrogen and oxygen atoms in total. The lowest BCUT2D eigenvalue weighted by atomic mass is 10.2. The first-order valence-electron chi connectivity index (χ1n) is 5.73. The lowest BCUT2D eigenvalue weighted by molar-refractivity contribution is 0.107. The van der Waals surface area contributed by atoms with E-state index in [1.165, 1.54) is 5.69 Å². The molecule has 17 heavy (non-hydrogen) atoms. The molecule has 0 aromatic carbocycles. The summed E-state index contributed by atoms with van der Waals surface area (Å²) in [5, 5.41) is 10.7. The Morgan fingerprint density at radius 3 is 2.59 bits per heavy atom. The third-order valence-electron chi connectivity index (χ3n) is 2.50. The Hall–Kier alpha value is -0.520. The average Bonchev–Trinajstić information content (AvgIpc) is 2.49. The van der Waals surface area contributed by atoms with Crippen molar-refractivity contribution in [3.05, 3.63) is 11.4 Å². The Morgan fingerprint density at radius 2 is 2.06 bits per heavy atom. The standard InChI is InChI=1S/C12H22N2O2S/c1-9-10(2)14(6-7-16-5)11(13-9)17-8-12(3,4)15/h15H,6-8H2,1-5H3. The number of aliphatic hydroxyl groups is 1. The van der Waals surface area contributed by atoms with E-state index in [9.17, 15) is 5.11 Å². The molecule has 0 saturated carbocycles. The topological polar surface area (TPSA) is 47.3 Å². The number of ether oxygens (including phenoxy) is 1. The zero-order valence-corrected chi connectivity index (χ0v) is 12.1. The van der Waals surface area contributed by atoms with Crippen LogP contribution in [0.25, 0.3) is 0 Å². The van der Waals surface area contributed by atoms with Crippen molar-refractivity contribution in [1.29, 1.82) is 0 Å². The second-order valence-corrected chi connectivity index (χ2v) is 5.75. The fourth-order valence-corrected chi connectivity index (χ4v) is 2.49. The van der Waals surface area contributed by atoms with Crippen molar-refractivity contribution in [2.75, 3.05) is 19.5 Å². The van der Waals surface area contributed by atoms with E-state index < -0.39 is 5.60 Å². The highest BCUT2D eigenvalue weighted by atomic mass is 32.2. The molecule has 0 aliphatic rings. The first-order chi connectivity index (χ1) is 7.85. The van der Waals surface area contributed by atoms with Crippen molar-refractivity contribution in [2.45, 2.75) is 45.0 Å². The molecule has 5 heteroatoms. The molecule has 1 aromatic rings. The molecule has 1 N–H and O–H groups in total. The van der Waals surface area contributed by atoms with Crippen LogP contribution in [0.1, 0.15) is 25.2 Å². The first kappa shape index (κ1) is 14.5. The number of aryl methyl sites for hydroxylation is 1. The maximum Gasteiger partial charge on any atom is 0.168 e. The molecule has 1 aromatic heterocycles. The van der Waals surface area contributed by atoms with Crippen molar-refractivity contribution in [3.8, 4) is 0 Å². The normalized spacial score (nSPS) is 12.1. The Labute approximate surface area is 107 Å². The van der Waals surface area contributed by atoms with E-state index in [-0.39, 0.29) is 0 Å². The van der Waals surface area contributed by atoms with Crippen LogP contribution in [0.15, 0.2) is 5.16 Å². The van der Waals surface area contributed by atoms with Gasteiger partial charge in [0.1, 0.15) is 0 Å². The maximum atomic E-state index is 9.74. The van der Waals surface area contributed by atoms with Crippen LogP contribution in [0.4, 0.5) is 0 Å². The van der Waals surface area contributed by atoms with E-state index in [2.05, 4.69) is 16.5 Å². The number of methoxy groups -OCH3 is 1. The number of thioether (sulfide) groups is 1. The molecule has 0 radical (unpaired) electrons. The number of imidazole rings is 1. The summed E-state index contributed by atoms with van der Waals surface area (Å²) in [4.78, 5) is 4.53. The fourth-order valence-electron chi connectivity index (χ4n) is 1.42. The van der Waals surface area contributed by atoms with E-state index in [0.717, 1.165) is 17.4 Å². The molecule has 0 bridgehead atoms. The minimum atomic E-state index is -0.676. The third kappa shape index (κ3) is 4.33. The molecule has 0 aliphatic heterocycles. The van der Waals surface area contributed by atoms with Gasteiger partial charge >= 0.3 is 0 Å². The van der Waals surface area contributed by atoms with Crippen LogP contribution in [-0.4, -0.2) is 39.7 Å². The van der Waals surface area contributed by atoms with Crippen LogP contribution in [0.2, 0.25) is 0 Å². The van der Waals surface area contributed by atoms with Gasteiger partial charge in [-0.05, 0) is 27.7 Å². The lowest BCUT2D eigenvalue weighted by Gasteiger charge is -2.16. The van der Waals surface area contributed by atoms with Crippen LogP contribution in [0.5, 0.6) is 0 Å². The highest BCUT2D eigenvalue weighted by molar-refractivity contribution is 7.99. The Morgan fingerprint density at radius 1 is 1.41 bits per heavy atom. The van der Waals surface area contributed by atoms with Gasteiger partial charge in [-0.1, -0.05) is 11.8 Å². The Balaban J connectivity index is 2.79. The molecular weight excluding hydrogens is 236 g/mol. The summed E-state index contributed by atoms with van der Waals surface area (Å²) in [6, 6.07) is 0. The number of hydrogen-bond donors (Lipinski definition) is 1. The quantitative estimate of drug-likeness (QED) is 0.793. The van der Waals surface area contributed by atoms with Gasteiger partial charge in [-0.3, -0.25) is 0 Å². The van der Waals surface area contributed by atoms with E-state index in [4.69, 9.17) is 4.74 Å². The van der Waals surface area contributed by atoms with Gasteiger partial charge < -0.3 is 14.4 Å². The second kappa shape index (κ2) is 5.89. The number of aromatic nitrogens is 2. The molecule has 0 amide bonds. The number of rotatable bonds is 6. The van der Waals surface area contributed by atoms with Crippen molar-refractivity contribution in [1.82, 2.24) is 9.55 Å². The van der Waals surface area contributed by atoms with Crippen LogP contribution in [0.3, 0.4) is 0 Å². The molecule has 0 atom stereocenters. The molecule has 0 aliphatic carbocycles. The van der Waals surface area contributed by atoms with Gasteiger partial charge in [0.25, 0.3) is 0 Å². The largest absolute Gasteiger partial charge is 0.390 e. The molecule has 1 heterocycles. The smallest absolute Gasteiger partial charge is 0.168 e. The summed E-state index contributed by atoms with van der Waals surface area (Å²) in [6.45, 7) is 9.16. The van der Waals surface area contributed by atoms with Gasteiger partial charge in [0.05, 0.1) is 17.9 Å². The average molecular weight is 258 g/mol. The second-order valence-electron chi connectivity index (χ2n) is 4.81. The molecule has 1 rings (SSSR count). The summed E-state index contributed by atoms with van der Waals surface area (Å²) in [6.07, 6.45) is 0. The number of hydrogen-bond acceptors (Lipinski definition) is 4. The van der Waals surface area contributed by atoms with Gasteiger partial charge in [0, 0.05) is 25.1 Å². The van der Waals surface area contributed by atoms with Gasteiger partial charge in [-0.2, -0.15) is 0 Å². The van der Waals surface area contributed by atoms with Crippen LogP contribution >= 0.6 is 11.8 Å². The lowest BCUT2D eigenvalue weighted by Crippen LogP contribution is -2.22. The SMILES string of the molecule is COCCn1c(SCC(C)(C)O)nc(C)c1C. The van der Waals surface area contributed by atoms with Gasteiger partial charge in [0.2, 0.25) is 0 Å². The molecule has 0 unspecified atom stereocenters.